The van der Waals surface area contributed by atoms with E-state index in [9.17, 15) is 8.42 Å². The maximum Gasteiger partial charge on any atom is 0.179 e. The van der Waals surface area contributed by atoms with Gasteiger partial charge < -0.3 is 5.73 Å². The molecule has 0 spiro atoms. The van der Waals surface area contributed by atoms with Gasteiger partial charge in [-0.25, -0.2) is 18.5 Å². The second kappa shape index (κ2) is 5.99. The Bertz CT molecular complexity index is 987. The zero-order chi connectivity index (χ0) is 16.6. The zero-order valence-electron chi connectivity index (χ0n) is 11.9. The summed E-state index contributed by atoms with van der Waals surface area (Å²) in [5.41, 5.74) is 7.51. The third kappa shape index (κ3) is 3.41. The van der Waals surface area contributed by atoms with E-state index in [1.807, 2.05) is 0 Å². The summed E-state index contributed by atoms with van der Waals surface area (Å²) in [6.07, 6.45) is 1.16. The summed E-state index contributed by atoms with van der Waals surface area (Å²) in [6.45, 7) is 0. The number of nitrogens with zero attached hydrogens (tertiary/aromatic N) is 3. The van der Waals surface area contributed by atoms with Crippen LogP contribution in [0.15, 0.2) is 34.1 Å². The van der Waals surface area contributed by atoms with Crippen molar-refractivity contribution in [3.8, 4) is 0 Å². The van der Waals surface area contributed by atoms with Gasteiger partial charge in [0.15, 0.2) is 15.5 Å². The topological polar surface area (TPSA) is 115 Å². The van der Waals surface area contributed by atoms with Crippen molar-refractivity contribution in [3.63, 3.8) is 0 Å². The van der Waals surface area contributed by atoms with Gasteiger partial charge in [-0.3, -0.25) is 0 Å². The van der Waals surface area contributed by atoms with Gasteiger partial charge in [-0.05, 0) is 23.8 Å². The number of nitrogens with two attached hydrogens (primary N) is 1. The fraction of sp³-hybridized carbons (Fsp3) is 0.154. The minimum absolute atomic E-state index is 0.218. The van der Waals surface area contributed by atoms with Gasteiger partial charge in [0.2, 0.25) is 0 Å². The summed E-state index contributed by atoms with van der Waals surface area (Å²) in [4.78, 5) is 5.08. The van der Waals surface area contributed by atoms with E-state index in [0.717, 1.165) is 11.2 Å². The molecule has 0 radical (unpaired) electrons. The van der Waals surface area contributed by atoms with Crippen LogP contribution < -0.4 is 5.73 Å². The third-order valence-electron chi connectivity index (χ3n) is 3.10. The Morgan fingerprint density at radius 1 is 1.35 bits per heavy atom. The smallest absolute Gasteiger partial charge is 0.179 e. The molecule has 0 atom stereocenters. The van der Waals surface area contributed by atoms with Crippen LogP contribution in [0, 0.1) is 0 Å². The molecule has 0 saturated heterocycles. The first kappa shape index (κ1) is 16.0. The van der Waals surface area contributed by atoms with E-state index in [1.165, 1.54) is 17.8 Å². The Morgan fingerprint density at radius 2 is 2.13 bits per heavy atom. The van der Waals surface area contributed by atoms with E-state index < -0.39 is 9.84 Å². The Balaban J connectivity index is 1.96. The van der Waals surface area contributed by atoms with Crippen LogP contribution in [-0.2, 0) is 15.6 Å². The molecule has 7 nitrogen and oxygen atoms in total. The van der Waals surface area contributed by atoms with Crippen LogP contribution >= 0.6 is 23.4 Å². The largest absolute Gasteiger partial charge is 0.384 e. The molecule has 120 valence electrons. The molecule has 0 aliphatic heterocycles. The molecule has 0 amide bonds. The number of halogens is 1. The number of thioether (sulfide) groups is 1. The molecule has 0 aliphatic rings. The molecule has 0 fully saturated rings. The summed E-state index contributed by atoms with van der Waals surface area (Å²) in [5, 5.41) is 10.7. The Kier molecular flexibility index (Phi) is 4.17. The monoisotopic (exact) mass is 369 g/mol. The summed E-state index contributed by atoms with van der Waals surface area (Å²) in [6, 6.07) is 6.51. The number of hydrogen-bond donors (Lipinski definition) is 2. The number of aromatic amines is 1. The molecule has 3 rings (SSSR count). The molecular formula is C13H12ClN5O2S2. The first-order valence-corrected chi connectivity index (χ1v) is 9.68. The number of sulfone groups is 1. The summed E-state index contributed by atoms with van der Waals surface area (Å²) >= 11 is 7.31. The van der Waals surface area contributed by atoms with Gasteiger partial charge in [0.1, 0.15) is 11.3 Å². The first-order valence-electron chi connectivity index (χ1n) is 6.43. The summed E-state index contributed by atoms with van der Waals surface area (Å²) in [5.74, 6) is 0.760. The van der Waals surface area contributed by atoms with Crippen molar-refractivity contribution < 1.29 is 8.42 Å². The van der Waals surface area contributed by atoms with Crippen LogP contribution in [0.3, 0.4) is 0 Å². The standard InChI is InChI=1S/C13H12ClN5O2S2/c1-23(20,21)10-4-8(14)3-2-7(10)6-22-9-5-11(15)16-13-12(9)17-19-18-13/h2-5H,6H2,1H3,(H3,15,16,17,18,19). The van der Waals surface area contributed by atoms with Crippen molar-refractivity contribution in [3.05, 3.63) is 34.9 Å². The number of hydrogen-bond acceptors (Lipinski definition) is 7. The second-order valence-corrected chi connectivity index (χ2v) is 8.30. The van der Waals surface area contributed by atoms with Crippen LogP contribution in [0.4, 0.5) is 5.82 Å². The van der Waals surface area contributed by atoms with E-state index in [2.05, 4.69) is 20.4 Å². The Hall–Kier alpha value is -1.84. The number of rotatable bonds is 4. The fourth-order valence-corrected chi connectivity index (χ4v) is 4.42. The lowest BCUT2D eigenvalue weighted by Crippen LogP contribution is -2.02. The van der Waals surface area contributed by atoms with Crippen LogP contribution in [0.5, 0.6) is 0 Å². The van der Waals surface area contributed by atoms with Crippen LogP contribution in [-0.4, -0.2) is 35.1 Å². The maximum absolute atomic E-state index is 11.9. The molecule has 1 aromatic carbocycles. The predicted octanol–water partition coefficient (Wildman–Crippen LogP) is 2.28. The lowest BCUT2D eigenvalue weighted by molar-refractivity contribution is 0.601. The molecule has 3 N–H and O–H groups in total. The van der Waals surface area contributed by atoms with Gasteiger partial charge in [-0.15, -0.1) is 16.9 Å². The van der Waals surface area contributed by atoms with Crippen molar-refractivity contribution >= 4 is 50.2 Å². The van der Waals surface area contributed by atoms with Gasteiger partial charge in [-0.2, -0.15) is 0 Å². The van der Waals surface area contributed by atoms with E-state index in [1.54, 1.807) is 18.2 Å². The van der Waals surface area contributed by atoms with Crippen molar-refractivity contribution in [2.24, 2.45) is 0 Å². The van der Waals surface area contributed by atoms with E-state index >= 15 is 0 Å². The van der Waals surface area contributed by atoms with E-state index in [0.29, 0.717) is 33.3 Å². The third-order valence-corrected chi connectivity index (χ3v) is 5.59. The Labute approximate surface area is 141 Å². The molecule has 10 heteroatoms. The molecule has 3 aromatic rings. The number of pyridine rings is 1. The minimum Gasteiger partial charge on any atom is -0.384 e. The number of nitrogens with one attached hydrogen (secondary N) is 1. The molecule has 23 heavy (non-hydrogen) atoms. The SMILES string of the molecule is CS(=O)(=O)c1cc(Cl)ccc1CSc1cc(N)nc2[nH]nnc12. The number of benzene rings is 1. The first-order chi connectivity index (χ1) is 10.8. The van der Waals surface area contributed by atoms with Gasteiger partial charge in [-0.1, -0.05) is 22.9 Å². The minimum atomic E-state index is -3.37. The molecular weight excluding hydrogens is 358 g/mol. The summed E-state index contributed by atoms with van der Waals surface area (Å²) < 4.78 is 23.8. The molecule has 0 bridgehead atoms. The van der Waals surface area contributed by atoms with Crippen molar-refractivity contribution in [2.75, 3.05) is 12.0 Å². The highest BCUT2D eigenvalue weighted by Crippen LogP contribution is 2.31. The number of aromatic nitrogens is 4. The lowest BCUT2D eigenvalue weighted by atomic mass is 10.2. The van der Waals surface area contributed by atoms with E-state index in [4.69, 9.17) is 17.3 Å². The highest BCUT2D eigenvalue weighted by Gasteiger charge is 2.15. The van der Waals surface area contributed by atoms with Crippen molar-refractivity contribution in [1.82, 2.24) is 20.4 Å². The molecule has 0 unspecified atom stereocenters. The highest BCUT2D eigenvalue weighted by atomic mass is 35.5. The molecule has 2 aromatic heterocycles. The van der Waals surface area contributed by atoms with Gasteiger partial charge in [0.25, 0.3) is 0 Å². The summed E-state index contributed by atoms with van der Waals surface area (Å²) in [7, 11) is -3.37. The van der Waals surface area contributed by atoms with Gasteiger partial charge in [0, 0.05) is 21.9 Å². The maximum atomic E-state index is 11.9. The van der Waals surface area contributed by atoms with Crippen molar-refractivity contribution in [2.45, 2.75) is 15.5 Å². The molecule has 0 aliphatic carbocycles. The number of nitrogen functional groups attached to an aromatic ring is 1. The average Bonchev–Trinajstić information content (AvgIpc) is 2.92. The van der Waals surface area contributed by atoms with Crippen LogP contribution in [0.1, 0.15) is 5.56 Å². The van der Waals surface area contributed by atoms with E-state index in [-0.39, 0.29) is 4.90 Å². The number of H-pyrrole nitrogens is 1. The fourth-order valence-electron chi connectivity index (χ4n) is 2.09. The van der Waals surface area contributed by atoms with Crippen molar-refractivity contribution in [1.29, 1.82) is 0 Å². The normalized spacial score (nSPS) is 11.9. The van der Waals surface area contributed by atoms with Crippen LogP contribution in [0.25, 0.3) is 11.2 Å². The predicted molar refractivity (Wildman–Crippen MR) is 90.2 cm³/mol. The number of anilines is 1. The average molecular weight is 370 g/mol. The quantitative estimate of drug-likeness (QED) is 0.678. The van der Waals surface area contributed by atoms with Gasteiger partial charge in [0.05, 0.1) is 4.90 Å². The second-order valence-electron chi connectivity index (χ2n) is 4.87. The molecule has 2 heterocycles. The van der Waals surface area contributed by atoms with Crippen LogP contribution in [0.2, 0.25) is 5.02 Å². The molecule has 0 saturated carbocycles. The Morgan fingerprint density at radius 3 is 2.87 bits per heavy atom. The number of fused-ring (bicyclic) bond motifs is 1. The zero-order valence-corrected chi connectivity index (χ0v) is 14.3. The van der Waals surface area contributed by atoms with Gasteiger partial charge >= 0.3 is 0 Å². The lowest BCUT2D eigenvalue weighted by Gasteiger charge is -2.09. The highest BCUT2D eigenvalue weighted by molar-refractivity contribution is 7.98.